The van der Waals surface area contributed by atoms with Gasteiger partial charge in [-0.2, -0.15) is 0 Å². The minimum atomic E-state index is -1.43. The van der Waals surface area contributed by atoms with Gasteiger partial charge >= 0.3 is 5.97 Å². The van der Waals surface area contributed by atoms with Gasteiger partial charge in [-0.15, -0.1) is 0 Å². The summed E-state index contributed by atoms with van der Waals surface area (Å²) in [5, 5.41) is 13.9. The molecule has 2 aromatic carbocycles. The monoisotopic (exact) mass is 301 g/mol. The van der Waals surface area contributed by atoms with Crippen LogP contribution in [0.15, 0.2) is 42.5 Å². The molecule has 1 atom stereocenters. The Morgan fingerprint density at radius 1 is 1.18 bits per heavy atom. The van der Waals surface area contributed by atoms with Crippen molar-refractivity contribution in [1.29, 1.82) is 0 Å². The van der Waals surface area contributed by atoms with E-state index in [0.29, 0.717) is 0 Å². The van der Waals surface area contributed by atoms with Gasteiger partial charge in [-0.05, 0) is 23.3 Å². The second kappa shape index (κ2) is 6.58. The van der Waals surface area contributed by atoms with Gasteiger partial charge < -0.3 is 15.2 Å². The standard InChI is InChI=1S/C17H19NO4/c1-17(11-22-2,16(20)21)18-15(19)10-12-7-8-13-5-3-4-6-14(13)9-12/h3-9H,10-11H2,1-2H3,(H,18,19)(H,20,21). The van der Waals surface area contributed by atoms with Crippen LogP contribution < -0.4 is 5.32 Å². The molecule has 2 rings (SSSR count). The van der Waals surface area contributed by atoms with Crippen LogP contribution in [0.2, 0.25) is 0 Å². The average Bonchev–Trinajstić information content (AvgIpc) is 2.47. The summed E-state index contributed by atoms with van der Waals surface area (Å²) in [4.78, 5) is 23.4. The van der Waals surface area contributed by atoms with Gasteiger partial charge in [-0.25, -0.2) is 4.79 Å². The average molecular weight is 301 g/mol. The number of carboxylic acid groups (broad SMARTS) is 1. The van der Waals surface area contributed by atoms with E-state index < -0.39 is 11.5 Å². The van der Waals surface area contributed by atoms with E-state index in [2.05, 4.69) is 5.32 Å². The maximum absolute atomic E-state index is 12.1. The highest BCUT2D eigenvalue weighted by Gasteiger charge is 2.34. The number of rotatable bonds is 6. The first-order chi connectivity index (χ1) is 10.4. The molecule has 2 aromatic rings. The minimum Gasteiger partial charge on any atom is -0.479 e. The molecule has 0 radical (unpaired) electrons. The van der Waals surface area contributed by atoms with E-state index in [9.17, 15) is 14.7 Å². The summed E-state index contributed by atoms with van der Waals surface area (Å²) in [6.45, 7) is 1.34. The molecule has 0 heterocycles. The first-order valence-electron chi connectivity index (χ1n) is 6.95. The van der Waals surface area contributed by atoms with E-state index in [-0.39, 0.29) is 18.9 Å². The Morgan fingerprint density at radius 2 is 1.86 bits per heavy atom. The van der Waals surface area contributed by atoms with Crippen LogP contribution >= 0.6 is 0 Å². The van der Waals surface area contributed by atoms with Crippen LogP contribution in [0.25, 0.3) is 10.8 Å². The van der Waals surface area contributed by atoms with Gasteiger partial charge in [0.25, 0.3) is 0 Å². The number of methoxy groups -OCH3 is 1. The van der Waals surface area contributed by atoms with Crippen LogP contribution in [0.5, 0.6) is 0 Å². The first-order valence-corrected chi connectivity index (χ1v) is 6.95. The highest BCUT2D eigenvalue weighted by atomic mass is 16.5. The van der Waals surface area contributed by atoms with E-state index >= 15 is 0 Å². The molecule has 2 N–H and O–H groups in total. The van der Waals surface area contributed by atoms with E-state index in [1.807, 2.05) is 42.5 Å². The van der Waals surface area contributed by atoms with Crippen LogP contribution in [0, 0.1) is 0 Å². The second-order valence-corrected chi connectivity index (χ2v) is 5.48. The van der Waals surface area contributed by atoms with Crippen LogP contribution in [-0.4, -0.2) is 36.2 Å². The van der Waals surface area contributed by atoms with Crippen LogP contribution in [0.1, 0.15) is 12.5 Å². The number of ether oxygens (including phenoxy) is 1. The lowest BCUT2D eigenvalue weighted by molar-refractivity contribution is -0.149. The van der Waals surface area contributed by atoms with Crippen molar-refractivity contribution in [3.05, 3.63) is 48.0 Å². The Kier molecular flexibility index (Phi) is 4.78. The third-order valence-electron chi connectivity index (χ3n) is 3.50. The zero-order valence-electron chi connectivity index (χ0n) is 12.6. The summed E-state index contributed by atoms with van der Waals surface area (Å²) in [6, 6.07) is 13.6. The highest BCUT2D eigenvalue weighted by Crippen LogP contribution is 2.16. The van der Waals surface area contributed by atoms with Crippen molar-refractivity contribution in [2.75, 3.05) is 13.7 Å². The van der Waals surface area contributed by atoms with Crippen LogP contribution in [-0.2, 0) is 20.7 Å². The maximum atomic E-state index is 12.1. The van der Waals surface area contributed by atoms with Crippen LogP contribution in [0.4, 0.5) is 0 Å². The second-order valence-electron chi connectivity index (χ2n) is 5.48. The molecule has 0 aliphatic heterocycles. The van der Waals surface area contributed by atoms with E-state index in [1.54, 1.807) is 0 Å². The number of benzene rings is 2. The summed E-state index contributed by atoms with van der Waals surface area (Å²) in [5.74, 6) is -1.47. The quantitative estimate of drug-likeness (QED) is 0.855. The van der Waals surface area contributed by atoms with Crippen LogP contribution in [0.3, 0.4) is 0 Å². The number of amides is 1. The zero-order valence-corrected chi connectivity index (χ0v) is 12.6. The molecular weight excluding hydrogens is 282 g/mol. The molecule has 0 bridgehead atoms. The van der Waals surface area contributed by atoms with Gasteiger partial charge in [0.15, 0.2) is 5.54 Å². The summed E-state index contributed by atoms with van der Waals surface area (Å²) >= 11 is 0. The normalized spacial score (nSPS) is 13.5. The molecular formula is C17H19NO4. The summed E-state index contributed by atoms with van der Waals surface area (Å²) in [7, 11) is 1.40. The third-order valence-corrected chi connectivity index (χ3v) is 3.50. The Bertz CT molecular complexity index is 698. The van der Waals surface area contributed by atoms with E-state index in [0.717, 1.165) is 16.3 Å². The number of nitrogens with one attached hydrogen (secondary N) is 1. The molecule has 0 saturated carbocycles. The SMILES string of the molecule is COCC(C)(NC(=O)Cc1ccc2ccccc2c1)C(=O)O. The van der Waals surface area contributed by atoms with E-state index in [1.165, 1.54) is 14.0 Å². The number of hydrogen-bond donors (Lipinski definition) is 2. The van der Waals surface area contributed by atoms with Crippen molar-refractivity contribution in [2.45, 2.75) is 18.9 Å². The van der Waals surface area contributed by atoms with Gasteiger partial charge in [-0.1, -0.05) is 42.5 Å². The Morgan fingerprint density at radius 3 is 2.50 bits per heavy atom. The summed E-state index contributed by atoms with van der Waals surface area (Å²) in [6.07, 6.45) is 0.122. The first kappa shape index (κ1) is 16.0. The lowest BCUT2D eigenvalue weighted by Crippen LogP contribution is -2.55. The number of fused-ring (bicyclic) bond motifs is 1. The number of carbonyl (C=O) groups is 2. The molecule has 1 unspecified atom stereocenters. The number of carboxylic acids is 1. The molecule has 22 heavy (non-hydrogen) atoms. The fourth-order valence-electron chi connectivity index (χ4n) is 2.33. The Hall–Kier alpha value is -2.40. The van der Waals surface area contributed by atoms with Crippen molar-refractivity contribution in [3.8, 4) is 0 Å². The molecule has 0 saturated heterocycles. The predicted octanol–water partition coefficient (Wildman–Crippen LogP) is 1.99. The molecule has 0 aliphatic carbocycles. The molecule has 0 spiro atoms. The van der Waals surface area contributed by atoms with Crippen molar-refractivity contribution in [2.24, 2.45) is 0 Å². The molecule has 116 valence electrons. The highest BCUT2D eigenvalue weighted by molar-refractivity contribution is 5.89. The van der Waals surface area contributed by atoms with Crippen molar-refractivity contribution in [1.82, 2.24) is 5.32 Å². The van der Waals surface area contributed by atoms with Crippen molar-refractivity contribution >= 4 is 22.6 Å². The lowest BCUT2D eigenvalue weighted by Gasteiger charge is -2.25. The number of carbonyl (C=O) groups excluding carboxylic acids is 1. The molecule has 5 nitrogen and oxygen atoms in total. The Balaban J connectivity index is 2.11. The summed E-state index contributed by atoms with van der Waals surface area (Å²) in [5.41, 5.74) is -0.593. The molecule has 0 aromatic heterocycles. The Labute approximate surface area is 128 Å². The van der Waals surface area contributed by atoms with Gasteiger partial charge in [0.05, 0.1) is 13.0 Å². The van der Waals surface area contributed by atoms with Crippen molar-refractivity contribution < 1.29 is 19.4 Å². The van der Waals surface area contributed by atoms with Gasteiger partial charge in [0, 0.05) is 7.11 Å². The summed E-state index contributed by atoms with van der Waals surface area (Å²) < 4.78 is 4.88. The zero-order chi connectivity index (χ0) is 16.2. The topological polar surface area (TPSA) is 75.6 Å². The smallest absolute Gasteiger partial charge is 0.331 e. The molecule has 0 aliphatic rings. The number of aliphatic carboxylic acids is 1. The fourth-order valence-corrected chi connectivity index (χ4v) is 2.33. The minimum absolute atomic E-state index is 0.0915. The maximum Gasteiger partial charge on any atom is 0.331 e. The predicted molar refractivity (Wildman–Crippen MR) is 83.7 cm³/mol. The van der Waals surface area contributed by atoms with Crippen molar-refractivity contribution in [3.63, 3.8) is 0 Å². The molecule has 1 amide bonds. The fraction of sp³-hybridized carbons (Fsp3) is 0.294. The van der Waals surface area contributed by atoms with Gasteiger partial charge in [0.1, 0.15) is 0 Å². The number of hydrogen-bond acceptors (Lipinski definition) is 3. The van der Waals surface area contributed by atoms with Gasteiger partial charge in [-0.3, -0.25) is 4.79 Å². The van der Waals surface area contributed by atoms with E-state index in [4.69, 9.17) is 4.74 Å². The van der Waals surface area contributed by atoms with Gasteiger partial charge in [0.2, 0.25) is 5.91 Å². The largest absolute Gasteiger partial charge is 0.479 e. The molecule has 5 heteroatoms. The molecule has 0 fully saturated rings. The lowest BCUT2D eigenvalue weighted by atomic mass is 10.0. The third kappa shape index (κ3) is 3.62.